The minimum absolute atomic E-state index is 0.572. The van der Waals surface area contributed by atoms with Crippen LogP contribution in [0.15, 0.2) is 21.2 Å². The number of rotatable bonds is 4. The molecular weight excluding hydrogens is 332 g/mol. The number of halogens is 2. The van der Waals surface area contributed by atoms with Crippen LogP contribution in [0.2, 0.25) is 0 Å². The first-order valence-electron chi connectivity index (χ1n) is 5.62. The highest BCUT2D eigenvalue weighted by molar-refractivity contribution is 9.11. The lowest BCUT2D eigenvalue weighted by Crippen LogP contribution is -2.25. The molecule has 1 heterocycles. The summed E-state index contributed by atoms with van der Waals surface area (Å²) < 4.78 is 2.15. The zero-order valence-corrected chi connectivity index (χ0v) is 12.7. The second-order valence-corrected chi connectivity index (χ2v) is 6.46. The molecule has 4 heteroatoms. The molecule has 0 saturated heterocycles. The van der Waals surface area contributed by atoms with E-state index in [0.717, 1.165) is 21.4 Å². The molecule has 1 aromatic heterocycles. The second-order valence-electron chi connectivity index (χ2n) is 4.69. The lowest BCUT2D eigenvalue weighted by molar-refractivity contribution is 0.553. The molecule has 88 valence electrons. The fourth-order valence-electron chi connectivity index (χ4n) is 1.89. The van der Waals surface area contributed by atoms with Crippen LogP contribution in [0.25, 0.3) is 0 Å². The number of hydrogen-bond acceptors (Lipinski definition) is 2. The van der Waals surface area contributed by atoms with Gasteiger partial charge in [0.25, 0.3) is 0 Å². The van der Waals surface area contributed by atoms with Gasteiger partial charge in [0.2, 0.25) is 0 Å². The van der Waals surface area contributed by atoms with Crippen molar-refractivity contribution in [3.05, 3.63) is 26.9 Å². The van der Waals surface area contributed by atoms with Gasteiger partial charge in [0, 0.05) is 27.1 Å². The van der Waals surface area contributed by atoms with Gasteiger partial charge in [-0.1, -0.05) is 13.8 Å². The van der Waals surface area contributed by atoms with Crippen molar-refractivity contribution in [2.45, 2.75) is 32.2 Å². The van der Waals surface area contributed by atoms with Gasteiger partial charge in [0.05, 0.1) is 5.69 Å². The SMILES string of the molecule is CC(C)NCC1CC1c1ncc(Br)cc1Br. The maximum Gasteiger partial charge on any atom is 0.0580 e. The third-order valence-corrected chi connectivity index (χ3v) is 3.97. The first-order chi connectivity index (χ1) is 7.58. The summed E-state index contributed by atoms with van der Waals surface area (Å²) in [6, 6.07) is 2.65. The Bertz CT molecular complexity index is 379. The largest absolute Gasteiger partial charge is 0.314 e. The van der Waals surface area contributed by atoms with E-state index >= 15 is 0 Å². The van der Waals surface area contributed by atoms with E-state index in [1.54, 1.807) is 0 Å². The Morgan fingerprint density at radius 3 is 2.88 bits per heavy atom. The number of nitrogens with zero attached hydrogens (tertiary/aromatic N) is 1. The molecule has 0 amide bonds. The normalized spacial score (nSPS) is 23.8. The van der Waals surface area contributed by atoms with E-state index in [9.17, 15) is 0 Å². The van der Waals surface area contributed by atoms with Crippen LogP contribution in [-0.4, -0.2) is 17.6 Å². The van der Waals surface area contributed by atoms with Gasteiger partial charge in [-0.05, 0) is 56.8 Å². The quantitative estimate of drug-likeness (QED) is 0.898. The fraction of sp³-hybridized carbons (Fsp3) is 0.583. The van der Waals surface area contributed by atoms with Gasteiger partial charge in [0.1, 0.15) is 0 Å². The van der Waals surface area contributed by atoms with Gasteiger partial charge < -0.3 is 5.32 Å². The van der Waals surface area contributed by atoms with Crippen molar-refractivity contribution in [3.63, 3.8) is 0 Å². The average Bonchev–Trinajstić information content (AvgIpc) is 2.94. The fourth-order valence-corrected chi connectivity index (χ4v) is 3.17. The molecule has 1 fully saturated rings. The van der Waals surface area contributed by atoms with Crippen molar-refractivity contribution < 1.29 is 0 Å². The monoisotopic (exact) mass is 346 g/mol. The van der Waals surface area contributed by atoms with E-state index in [0.29, 0.717) is 12.0 Å². The Morgan fingerprint density at radius 1 is 1.50 bits per heavy atom. The van der Waals surface area contributed by atoms with E-state index < -0.39 is 0 Å². The average molecular weight is 348 g/mol. The molecular formula is C12H16Br2N2. The number of hydrogen-bond donors (Lipinski definition) is 1. The summed E-state index contributed by atoms with van der Waals surface area (Å²) in [5.41, 5.74) is 1.21. The molecule has 0 spiro atoms. The van der Waals surface area contributed by atoms with Gasteiger partial charge in [-0.15, -0.1) is 0 Å². The molecule has 2 rings (SSSR count). The Balaban J connectivity index is 1.95. The standard InChI is InChI=1S/C12H16Br2N2/c1-7(2)15-5-8-3-10(8)12-11(14)4-9(13)6-16-12/h4,6-8,10,15H,3,5H2,1-2H3. The third kappa shape index (κ3) is 3.05. The summed E-state index contributed by atoms with van der Waals surface area (Å²) in [5, 5.41) is 3.49. The van der Waals surface area contributed by atoms with E-state index in [1.165, 1.54) is 12.1 Å². The molecule has 1 aliphatic rings. The summed E-state index contributed by atoms with van der Waals surface area (Å²) in [6.07, 6.45) is 3.14. The van der Waals surface area contributed by atoms with Crippen LogP contribution < -0.4 is 5.32 Å². The van der Waals surface area contributed by atoms with Crippen LogP contribution in [0.4, 0.5) is 0 Å². The summed E-state index contributed by atoms with van der Waals surface area (Å²) in [4.78, 5) is 4.50. The Kier molecular flexibility index (Phi) is 4.03. The Hall–Kier alpha value is 0.0700. The van der Waals surface area contributed by atoms with Crippen LogP contribution >= 0.6 is 31.9 Å². The minimum Gasteiger partial charge on any atom is -0.314 e. The van der Waals surface area contributed by atoms with Crippen LogP contribution in [0.1, 0.15) is 31.9 Å². The summed E-state index contributed by atoms with van der Waals surface area (Å²) in [6.45, 7) is 5.48. The zero-order chi connectivity index (χ0) is 11.7. The van der Waals surface area contributed by atoms with Crippen LogP contribution in [0, 0.1) is 5.92 Å². The maximum atomic E-state index is 4.50. The molecule has 0 radical (unpaired) electrons. The lowest BCUT2D eigenvalue weighted by Gasteiger charge is -2.07. The molecule has 16 heavy (non-hydrogen) atoms. The van der Waals surface area contributed by atoms with Crippen molar-refractivity contribution in [3.8, 4) is 0 Å². The van der Waals surface area contributed by atoms with E-state index in [1.807, 2.05) is 6.20 Å². The summed E-state index contributed by atoms with van der Waals surface area (Å²) in [5.74, 6) is 1.39. The third-order valence-electron chi connectivity index (χ3n) is 2.90. The van der Waals surface area contributed by atoms with Crippen molar-refractivity contribution in [1.29, 1.82) is 0 Å². The predicted molar refractivity (Wildman–Crippen MR) is 73.6 cm³/mol. The predicted octanol–water partition coefficient (Wildman–Crippen LogP) is 3.71. The molecule has 1 aromatic rings. The molecule has 1 saturated carbocycles. The second kappa shape index (κ2) is 5.15. The molecule has 1 N–H and O–H groups in total. The molecule has 2 nitrogen and oxygen atoms in total. The van der Waals surface area contributed by atoms with E-state index in [2.05, 4.69) is 62.1 Å². The van der Waals surface area contributed by atoms with Crippen molar-refractivity contribution in [1.82, 2.24) is 10.3 Å². The highest BCUT2D eigenvalue weighted by Gasteiger charge is 2.40. The van der Waals surface area contributed by atoms with Gasteiger partial charge in [0.15, 0.2) is 0 Å². The molecule has 1 aliphatic carbocycles. The number of nitrogens with one attached hydrogen (secondary N) is 1. The molecule has 0 aliphatic heterocycles. The summed E-state index contributed by atoms with van der Waals surface area (Å²) in [7, 11) is 0. The van der Waals surface area contributed by atoms with Gasteiger partial charge in [-0.2, -0.15) is 0 Å². The first kappa shape index (κ1) is 12.5. The van der Waals surface area contributed by atoms with Crippen LogP contribution in [-0.2, 0) is 0 Å². The zero-order valence-electron chi connectivity index (χ0n) is 9.50. The smallest absolute Gasteiger partial charge is 0.0580 e. The highest BCUT2D eigenvalue weighted by Crippen LogP contribution is 2.48. The highest BCUT2D eigenvalue weighted by atomic mass is 79.9. The van der Waals surface area contributed by atoms with Crippen molar-refractivity contribution in [2.75, 3.05) is 6.54 Å². The van der Waals surface area contributed by atoms with Gasteiger partial charge in [-0.3, -0.25) is 4.98 Å². The molecule has 2 atom stereocenters. The van der Waals surface area contributed by atoms with E-state index in [4.69, 9.17) is 0 Å². The maximum absolute atomic E-state index is 4.50. The van der Waals surface area contributed by atoms with Crippen LogP contribution in [0.3, 0.4) is 0 Å². The topological polar surface area (TPSA) is 24.9 Å². The first-order valence-corrected chi connectivity index (χ1v) is 7.21. The van der Waals surface area contributed by atoms with Gasteiger partial charge >= 0.3 is 0 Å². The minimum atomic E-state index is 0.572. The number of aromatic nitrogens is 1. The molecule has 2 unspecified atom stereocenters. The summed E-state index contributed by atoms with van der Waals surface area (Å²) >= 11 is 7.01. The molecule has 0 bridgehead atoms. The molecule has 0 aromatic carbocycles. The van der Waals surface area contributed by atoms with E-state index in [-0.39, 0.29) is 0 Å². The Morgan fingerprint density at radius 2 is 2.25 bits per heavy atom. The number of pyridine rings is 1. The van der Waals surface area contributed by atoms with Crippen molar-refractivity contribution >= 4 is 31.9 Å². The van der Waals surface area contributed by atoms with Crippen LogP contribution in [0.5, 0.6) is 0 Å². The van der Waals surface area contributed by atoms with Crippen molar-refractivity contribution in [2.24, 2.45) is 5.92 Å². The Labute approximate surface area is 113 Å². The lowest BCUT2D eigenvalue weighted by atomic mass is 10.2. The van der Waals surface area contributed by atoms with Gasteiger partial charge in [-0.25, -0.2) is 0 Å².